The molecule has 0 unspecified atom stereocenters. The normalized spacial score (nSPS) is 17.5. The molecule has 5 rings (SSSR count). The van der Waals surface area contributed by atoms with E-state index >= 15 is 0 Å². The number of nitrogens with zero attached hydrogens (tertiary/aromatic N) is 6. The first-order valence-electron chi connectivity index (χ1n) is 9.18. The second kappa shape index (κ2) is 6.74. The Labute approximate surface area is 161 Å². The summed E-state index contributed by atoms with van der Waals surface area (Å²) in [5, 5.41) is 13.7. The average molecular weight is 376 g/mol. The maximum absolute atomic E-state index is 4.98. The quantitative estimate of drug-likeness (QED) is 0.543. The van der Waals surface area contributed by atoms with Gasteiger partial charge in [0.2, 0.25) is 0 Å². The van der Waals surface area contributed by atoms with Gasteiger partial charge in [0, 0.05) is 42.4 Å². The SMILES string of the molecule is Cn1cnnc1[C@H]1CCCN(c2nc(-c3ccsc3)nc3ccccc23)C1. The topological polar surface area (TPSA) is 59.7 Å². The van der Waals surface area contributed by atoms with Crippen molar-refractivity contribution in [3.05, 3.63) is 53.2 Å². The molecule has 7 heteroatoms. The zero-order valence-corrected chi connectivity index (χ0v) is 15.9. The van der Waals surface area contributed by atoms with Crippen molar-refractivity contribution in [3.8, 4) is 11.4 Å². The molecule has 4 heterocycles. The van der Waals surface area contributed by atoms with Crippen molar-refractivity contribution in [1.29, 1.82) is 0 Å². The fraction of sp³-hybridized carbons (Fsp3) is 0.300. The summed E-state index contributed by atoms with van der Waals surface area (Å²) >= 11 is 1.67. The van der Waals surface area contributed by atoms with Crippen LogP contribution in [0.15, 0.2) is 47.4 Å². The third kappa shape index (κ3) is 2.98. The molecule has 1 fully saturated rings. The number of aromatic nitrogens is 5. The fourth-order valence-corrected chi connectivity index (χ4v) is 4.50. The molecule has 6 nitrogen and oxygen atoms in total. The molecule has 0 saturated carbocycles. The Balaban J connectivity index is 1.58. The van der Waals surface area contributed by atoms with Crippen molar-refractivity contribution in [2.24, 2.45) is 7.05 Å². The van der Waals surface area contributed by atoms with Gasteiger partial charge in [-0.05, 0) is 36.4 Å². The molecular formula is C20H20N6S. The van der Waals surface area contributed by atoms with E-state index in [0.29, 0.717) is 5.92 Å². The van der Waals surface area contributed by atoms with Crippen LogP contribution in [-0.4, -0.2) is 37.8 Å². The Morgan fingerprint density at radius 1 is 1.15 bits per heavy atom. The monoisotopic (exact) mass is 376 g/mol. The number of benzene rings is 1. The van der Waals surface area contributed by atoms with Crippen molar-refractivity contribution in [2.75, 3.05) is 18.0 Å². The van der Waals surface area contributed by atoms with E-state index in [1.165, 1.54) is 0 Å². The minimum atomic E-state index is 0.365. The van der Waals surface area contributed by atoms with Gasteiger partial charge in [-0.15, -0.1) is 10.2 Å². The van der Waals surface area contributed by atoms with Gasteiger partial charge in [-0.1, -0.05) is 12.1 Å². The van der Waals surface area contributed by atoms with Gasteiger partial charge < -0.3 is 9.47 Å². The highest BCUT2D eigenvalue weighted by Crippen LogP contribution is 2.33. The summed E-state index contributed by atoms with van der Waals surface area (Å²) in [5.74, 6) is 3.24. The predicted molar refractivity (Wildman–Crippen MR) is 108 cm³/mol. The van der Waals surface area contributed by atoms with Crippen LogP contribution in [-0.2, 0) is 7.05 Å². The number of fused-ring (bicyclic) bond motifs is 1. The van der Waals surface area contributed by atoms with E-state index in [2.05, 4.69) is 50.1 Å². The summed E-state index contributed by atoms with van der Waals surface area (Å²) in [6.45, 7) is 1.90. The summed E-state index contributed by atoms with van der Waals surface area (Å²) in [5.41, 5.74) is 2.07. The maximum atomic E-state index is 4.98. The summed E-state index contributed by atoms with van der Waals surface area (Å²) < 4.78 is 2.03. The Hall–Kier alpha value is -2.80. The number of hydrogen-bond acceptors (Lipinski definition) is 6. The standard InChI is InChI=1S/C20H20N6S/c1-25-13-21-24-19(25)14-5-4-9-26(11-14)20-16-6-2-3-7-17(16)22-18(23-20)15-8-10-27-12-15/h2-3,6-8,10,12-14H,4-5,9,11H2,1H3/t14-/m0/s1. The first kappa shape index (κ1) is 16.4. The number of aryl methyl sites for hydroxylation is 1. The van der Waals surface area contributed by atoms with Gasteiger partial charge in [-0.3, -0.25) is 0 Å². The lowest BCUT2D eigenvalue weighted by atomic mass is 9.97. The zero-order chi connectivity index (χ0) is 18.2. The summed E-state index contributed by atoms with van der Waals surface area (Å²) in [6, 6.07) is 10.4. The molecule has 0 spiro atoms. The highest BCUT2D eigenvalue weighted by atomic mass is 32.1. The molecule has 0 amide bonds. The van der Waals surface area contributed by atoms with Crippen LogP contribution in [0, 0.1) is 0 Å². The van der Waals surface area contributed by atoms with Crippen molar-refractivity contribution >= 4 is 28.1 Å². The number of anilines is 1. The molecule has 3 aromatic heterocycles. The average Bonchev–Trinajstić information content (AvgIpc) is 3.39. The number of hydrogen-bond donors (Lipinski definition) is 0. The first-order valence-corrected chi connectivity index (χ1v) is 10.1. The minimum Gasteiger partial charge on any atom is -0.355 e. The van der Waals surface area contributed by atoms with Crippen LogP contribution in [0.3, 0.4) is 0 Å². The van der Waals surface area contributed by atoms with E-state index in [1.807, 2.05) is 17.7 Å². The van der Waals surface area contributed by atoms with E-state index in [4.69, 9.17) is 9.97 Å². The van der Waals surface area contributed by atoms with Crippen LogP contribution in [0.4, 0.5) is 5.82 Å². The van der Waals surface area contributed by atoms with E-state index in [0.717, 1.165) is 59.9 Å². The molecule has 1 saturated heterocycles. The predicted octanol–water partition coefficient (Wildman–Crippen LogP) is 3.87. The molecule has 1 aromatic carbocycles. The van der Waals surface area contributed by atoms with E-state index in [1.54, 1.807) is 17.7 Å². The first-order chi connectivity index (χ1) is 13.3. The fourth-order valence-electron chi connectivity index (χ4n) is 3.86. The molecule has 0 bridgehead atoms. The number of rotatable bonds is 3. The van der Waals surface area contributed by atoms with Gasteiger partial charge in [0.25, 0.3) is 0 Å². The summed E-state index contributed by atoms with van der Waals surface area (Å²) in [6.07, 6.45) is 4.02. The van der Waals surface area contributed by atoms with E-state index in [9.17, 15) is 0 Å². The van der Waals surface area contributed by atoms with Crippen molar-refractivity contribution in [3.63, 3.8) is 0 Å². The molecule has 27 heavy (non-hydrogen) atoms. The number of thiophene rings is 1. The smallest absolute Gasteiger partial charge is 0.162 e. The molecule has 4 aromatic rings. The highest BCUT2D eigenvalue weighted by Gasteiger charge is 2.27. The van der Waals surface area contributed by atoms with E-state index in [-0.39, 0.29) is 0 Å². The maximum Gasteiger partial charge on any atom is 0.162 e. The van der Waals surface area contributed by atoms with Crippen LogP contribution in [0.2, 0.25) is 0 Å². The summed E-state index contributed by atoms with van der Waals surface area (Å²) in [4.78, 5) is 12.2. The van der Waals surface area contributed by atoms with Crippen LogP contribution >= 0.6 is 11.3 Å². The zero-order valence-electron chi connectivity index (χ0n) is 15.1. The molecule has 136 valence electrons. The number of piperidine rings is 1. The van der Waals surface area contributed by atoms with Crippen molar-refractivity contribution in [2.45, 2.75) is 18.8 Å². The van der Waals surface area contributed by atoms with Gasteiger partial charge in [-0.2, -0.15) is 11.3 Å². The third-order valence-corrected chi connectivity index (χ3v) is 5.88. The van der Waals surface area contributed by atoms with Gasteiger partial charge >= 0.3 is 0 Å². The molecule has 0 N–H and O–H groups in total. The van der Waals surface area contributed by atoms with E-state index < -0.39 is 0 Å². The summed E-state index contributed by atoms with van der Waals surface area (Å²) in [7, 11) is 2.02. The van der Waals surface area contributed by atoms with Gasteiger partial charge in [0.1, 0.15) is 18.0 Å². The highest BCUT2D eigenvalue weighted by molar-refractivity contribution is 7.08. The molecular weight excluding hydrogens is 356 g/mol. The Morgan fingerprint density at radius 2 is 2.07 bits per heavy atom. The van der Waals surface area contributed by atoms with Gasteiger partial charge in [0.15, 0.2) is 5.82 Å². The van der Waals surface area contributed by atoms with Crippen LogP contribution in [0.25, 0.3) is 22.3 Å². The van der Waals surface area contributed by atoms with Crippen LogP contribution < -0.4 is 4.90 Å². The minimum absolute atomic E-state index is 0.365. The van der Waals surface area contributed by atoms with Crippen LogP contribution in [0.1, 0.15) is 24.6 Å². The van der Waals surface area contributed by atoms with Crippen molar-refractivity contribution < 1.29 is 0 Å². The molecule has 1 aliphatic heterocycles. The lowest BCUT2D eigenvalue weighted by Gasteiger charge is -2.33. The largest absolute Gasteiger partial charge is 0.355 e. The van der Waals surface area contributed by atoms with Gasteiger partial charge in [-0.25, -0.2) is 9.97 Å². The van der Waals surface area contributed by atoms with Gasteiger partial charge in [0.05, 0.1) is 5.52 Å². The Bertz CT molecular complexity index is 1070. The molecule has 0 radical (unpaired) electrons. The Morgan fingerprint density at radius 3 is 2.89 bits per heavy atom. The lowest BCUT2D eigenvalue weighted by molar-refractivity contribution is 0.478. The second-order valence-corrected chi connectivity index (χ2v) is 7.77. The third-order valence-electron chi connectivity index (χ3n) is 5.19. The molecule has 1 aliphatic rings. The lowest BCUT2D eigenvalue weighted by Crippen LogP contribution is -2.36. The Kier molecular flexibility index (Phi) is 4.09. The second-order valence-electron chi connectivity index (χ2n) is 6.99. The molecule has 1 atom stereocenters. The molecule has 0 aliphatic carbocycles. The number of para-hydroxylation sites is 1. The van der Waals surface area contributed by atoms with Crippen molar-refractivity contribution in [1.82, 2.24) is 24.7 Å². The van der Waals surface area contributed by atoms with Crippen LogP contribution in [0.5, 0.6) is 0 Å².